The molecule has 6 nitrogen and oxygen atoms in total. The maximum absolute atomic E-state index is 11.6. The van der Waals surface area contributed by atoms with E-state index in [0.29, 0.717) is 24.6 Å². The molecule has 0 aliphatic carbocycles. The molecule has 0 spiro atoms. The first kappa shape index (κ1) is 16.5. The van der Waals surface area contributed by atoms with Gasteiger partial charge >= 0.3 is 0 Å². The average Bonchev–Trinajstić information content (AvgIpc) is 2.49. The van der Waals surface area contributed by atoms with Crippen LogP contribution >= 0.6 is 0 Å². The second-order valence-electron chi connectivity index (χ2n) is 4.65. The van der Waals surface area contributed by atoms with Crippen molar-refractivity contribution in [3.05, 3.63) is 35.4 Å². The van der Waals surface area contributed by atoms with Crippen LogP contribution in [-0.2, 0) is 11.3 Å². The Morgan fingerprint density at radius 1 is 1.38 bits per heavy atom. The minimum atomic E-state index is -0.0212. The average molecular weight is 287 g/mol. The Balaban J connectivity index is 2.66. The van der Waals surface area contributed by atoms with Crippen LogP contribution in [0.3, 0.4) is 0 Å². The molecule has 2 N–H and O–H groups in total. The lowest BCUT2D eigenvalue weighted by molar-refractivity contribution is -0.127. The molecule has 1 rings (SSSR count). The Bertz CT molecular complexity index is 545. The molecule has 0 aliphatic rings. The van der Waals surface area contributed by atoms with Crippen LogP contribution in [0.4, 0.5) is 0 Å². The maximum Gasteiger partial charge on any atom is 0.241 e. The first-order valence-electron chi connectivity index (χ1n) is 6.78. The summed E-state index contributed by atoms with van der Waals surface area (Å²) in [5.74, 6) is 0.558. The summed E-state index contributed by atoms with van der Waals surface area (Å²) in [6, 6.07) is 9.41. The van der Waals surface area contributed by atoms with Crippen LogP contribution in [0.15, 0.2) is 29.3 Å². The van der Waals surface area contributed by atoms with Crippen LogP contribution in [0.1, 0.15) is 18.1 Å². The van der Waals surface area contributed by atoms with Crippen molar-refractivity contribution < 1.29 is 4.79 Å². The fourth-order valence-electron chi connectivity index (χ4n) is 1.57. The van der Waals surface area contributed by atoms with Gasteiger partial charge in [-0.15, -0.1) is 0 Å². The number of aliphatic imine (C=N–C) groups is 1. The summed E-state index contributed by atoms with van der Waals surface area (Å²) < 4.78 is 0. The topological polar surface area (TPSA) is 80.5 Å². The van der Waals surface area contributed by atoms with Gasteiger partial charge in [-0.1, -0.05) is 12.1 Å². The number of amides is 1. The Hall–Kier alpha value is -2.55. The van der Waals surface area contributed by atoms with Crippen LogP contribution in [0.25, 0.3) is 0 Å². The van der Waals surface area contributed by atoms with Gasteiger partial charge < -0.3 is 15.5 Å². The smallest absolute Gasteiger partial charge is 0.241 e. The van der Waals surface area contributed by atoms with Crippen molar-refractivity contribution in [3.63, 3.8) is 0 Å². The molecule has 0 atom stereocenters. The van der Waals surface area contributed by atoms with Crippen molar-refractivity contribution in [3.8, 4) is 6.07 Å². The Morgan fingerprint density at radius 3 is 2.76 bits per heavy atom. The zero-order valence-corrected chi connectivity index (χ0v) is 12.7. The SMILES string of the molecule is CCNC(=NCc1cccc(C#N)c1)NCC(=O)N(C)C. The summed E-state index contributed by atoms with van der Waals surface area (Å²) >= 11 is 0. The van der Waals surface area contributed by atoms with Crippen LogP contribution < -0.4 is 10.6 Å². The summed E-state index contributed by atoms with van der Waals surface area (Å²) in [6.45, 7) is 3.31. The van der Waals surface area contributed by atoms with E-state index in [1.165, 1.54) is 4.90 Å². The molecule has 0 bridgehead atoms. The highest BCUT2D eigenvalue weighted by atomic mass is 16.2. The van der Waals surface area contributed by atoms with Crippen LogP contribution in [0.5, 0.6) is 0 Å². The van der Waals surface area contributed by atoms with Crippen LogP contribution in [0, 0.1) is 11.3 Å². The molecule has 0 fully saturated rings. The number of carbonyl (C=O) groups excluding carboxylic acids is 1. The zero-order valence-electron chi connectivity index (χ0n) is 12.7. The number of rotatable bonds is 5. The van der Waals surface area contributed by atoms with E-state index in [9.17, 15) is 4.79 Å². The normalized spacial score (nSPS) is 10.7. The second-order valence-corrected chi connectivity index (χ2v) is 4.65. The van der Waals surface area contributed by atoms with Gasteiger partial charge in [0, 0.05) is 20.6 Å². The molecule has 0 unspecified atom stereocenters. The summed E-state index contributed by atoms with van der Waals surface area (Å²) in [6.07, 6.45) is 0. The van der Waals surface area contributed by atoms with E-state index in [4.69, 9.17) is 5.26 Å². The van der Waals surface area contributed by atoms with Crippen molar-refractivity contribution in [1.82, 2.24) is 15.5 Å². The third-order valence-electron chi connectivity index (χ3n) is 2.73. The molecule has 6 heteroatoms. The van der Waals surface area contributed by atoms with Crippen molar-refractivity contribution >= 4 is 11.9 Å². The van der Waals surface area contributed by atoms with Crippen LogP contribution in [-0.4, -0.2) is 44.0 Å². The monoisotopic (exact) mass is 287 g/mol. The number of likely N-dealkylation sites (N-methyl/N-ethyl adjacent to an activating group) is 1. The van der Waals surface area contributed by atoms with E-state index in [-0.39, 0.29) is 12.5 Å². The van der Waals surface area contributed by atoms with E-state index in [1.54, 1.807) is 26.2 Å². The highest BCUT2D eigenvalue weighted by molar-refractivity contribution is 5.86. The summed E-state index contributed by atoms with van der Waals surface area (Å²) in [5, 5.41) is 14.9. The number of carbonyl (C=O) groups is 1. The fraction of sp³-hybridized carbons (Fsp3) is 0.400. The zero-order chi connectivity index (χ0) is 15.7. The van der Waals surface area contributed by atoms with Gasteiger partial charge in [0.05, 0.1) is 24.7 Å². The third kappa shape index (κ3) is 5.95. The predicted molar refractivity (Wildman–Crippen MR) is 82.7 cm³/mol. The van der Waals surface area contributed by atoms with Crippen molar-refractivity contribution in [1.29, 1.82) is 5.26 Å². The highest BCUT2D eigenvalue weighted by Crippen LogP contribution is 2.05. The minimum Gasteiger partial charge on any atom is -0.357 e. The van der Waals surface area contributed by atoms with E-state index in [0.717, 1.165) is 5.56 Å². The first-order chi connectivity index (χ1) is 10.1. The van der Waals surface area contributed by atoms with Gasteiger partial charge in [-0.25, -0.2) is 4.99 Å². The fourth-order valence-corrected chi connectivity index (χ4v) is 1.57. The molecular formula is C15H21N5O. The number of guanidine groups is 1. The van der Waals surface area contributed by atoms with Gasteiger partial charge in [-0.2, -0.15) is 5.26 Å². The molecule has 0 saturated carbocycles. The predicted octanol–water partition coefficient (Wildman–Crippen LogP) is 0.702. The lowest BCUT2D eigenvalue weighted by atomic mass is 10.1. The van der Waals surface area contributed by atoms with E-state index >= 15 is 0 Å². The van der Waals surface area contributed by atoms with Crippen molar-refractivity contribution in [2.24, 2.45) is 4.99 Å². The lowest BCUT2D eigenvalue weighted by Crippen LogP contribution is -2.42. The van der Waals surface area contributed by atoms with Gasteiger partial charge in [0.2, 0.25) is 5.91 Å². The molecule has 1 amide bonds. The summed E-state index contributed by atoms with van der Waals surface area (Å²) in [5.41, 5.74) is 1.56. The van der Waals surface area contributed by atoms with Gasteiger partial charge in [-0.3, -0.25) is 4.79 Å². The van der Waals surface area contributed by atoms with Gasteiger partial charge in [0.1, 0.15) is 0 Å². The first-order valence-corrected chi connectivity index (χ1v) is 6.78. The molecule has 1 aromatic rings. The van der Waals surface area contributed by atoms with Gasteiger partial charge in [0.25, 0.3) is 0 Å². The van der Waals surface area contributed by atoms with Gasteiger partial charge in [-0.05, 0) is 24.6 Å². The largest absolute Gasteiger partial charge is 0.357 e. The second kappa shape index (κ2) is 8.59. The number of hydrogen-bond acceptors (Lipinski definition) is 3. The quantitative estimate of drug-likeness (QED) is 0.617. The van der Waals surface area contributed by atoms with E-state index in [2.05, 4.69) is 21.7 Å². The Labute approximate surface area is 125 Å². The Kier molecular flexibility index (Phi) is 6.75. The highest BCUT2D eigenvalue weighted by Gasteiger charge is 2.05. The number of nitriles is 1. The molecule has 0 radical (unpaired) electrons. The number of nitrogens with one attached hydrogen (secondary N) is 2. The van der Waals surface area contributed by atoms with Crippen molar-refractivity contribution in [2.75, 3.05) is 27.2 Å². The molecule has 0 heterocycles. The number of hydrogen-bond donors (Lipinski definition) is 2. The number of benzene rings is 1. The molecule has 1 aromatic carbocycles. The van der Waals surface area contributed by atoms with Crippen LogP contribution in [0.2, 0.25) is 0 Å². The standard InChI is InChI=1S/C15H21N5O/c1-4-17-15(19-11-14(21)20(2)3)18-10-13-7-5-6-12(8-13)9-16/h5-8H,4,10-11H2,1-3H3,(H2,17,18,19). The number of nitrogens with zero attached hydrogens (tertiary/aromatic N) is 3. The molecule has 21 heavy (non-hydrogen) atoms. The molecule has 112 valence electrons. The Morgan fingerprint density at radius 2 is 2.14 bits per heavy atom. The third-order valence-corrected chi connectivity index (χ3v) is 2.73. The van der Waals surface area contributed by atoms with Crippen molar-refractivity contribution in [2.45, 2.75) is 13.5 Å². The molecule has 0 saturated heterocycles. The summed E-state index contributed by atoms with van der Waals surface area (Å²) in [7, 11) is 3.42. The lowest BCUT2D eigenvalue weighted by Gasteiger charge is -2.14. The maximum atomic E-state index is 11.6. The van der Waals surface area contributed by atoms with Gasteiger partial charge in [0.15, 0.2) is 5.96 Å². The molecular weight excluding hydrogens is 266 g/mol. The summed E-state index contributed by atoms with van der Waals surface area (Å²) in [4.78, 5) is 17.5. The molecule has 0 aliphatic heterocycles. The molecule has 0 aromatic heterocycles. The van der Waals surface area contributed by atoms with E-state index < -0.39 is 0 Å². The van der Waals surface area contributed by atoms with E-state index in [1.807, 2.05) is 19.1 Å². The minimum absolute atomic E-state index is 0.0212.